The Balaban J connectivity index is 1.15. The highest BCUT2D eigenvalue weighted by molar-refractivity contribution is 8.76. The van der Waals surface area contributed by atoms with Crippen molar-refractivity contribution in [2.75, 3.05) is 84.4 Å². The second-order valence-corrected chi connectivity index (χ2v) is 33.1. The minimum Gasteiger partial charge on any atom is -0.508 e. The number of aliphatic hydroxyl groups is 2. The Morgan fingerprint density at radius 3 is 2.03 bits per heavy atom. The molecule has 1 saturated heterocycles. The number of para-hydroxylation sites is 1. The van der Waals surface area contributed by atoms with Gasteiger partial charge in [-0.25, -0.2) is 4.98 Å². The molecule has 2 aromatic heterocycles. The van der Waals surface area contributed by atoms with Gasteiger partial charge in [0.15, 0.2) is 29.6 Å². The number of guanidine groups is 1. The number of Topliss-reactive ketones (excluding diaryl/α,β-unsaturated/α-hetero) is 4. The number of rotatable bonds is 60. The number of phenols is 1. The van der Waals surface area contributed by atoms with Gasteiger partial charge in [0, 0.05) is 155 Å². The van der Waals surface area contributed by atoms with Gasteiger partial charge in [-0.2, -0.15) is 0 Å². The third-order valence-electron chi connectivity index (χ3n) is 20.5. The molecule has 36 nitrogen and oxygen atoms in total. The van der Waals surface area contributed by atoms with Gasteiger partial charge in [-0.15, -0.1) is 0 Å². The molecule has 38 heteroatoms. The number of aromatic nitrogens is 3. The maximum atomic E-state index is 15.2. The number of nitrogens with one attached hydrogen (secondary N) is 9. The highest BCUT2D eigenvalue weighted by Crippen LogP contribution is 2.29. The van der Waals surface area contributed by atoms with E-state index in [0.717, 1.165) is 10.9 Å². The number of imidazole rings is 1. The summed E-state index contributed by atoms with van der Waals surface area (Å²) < 4.78 is 21.6. The van der Waals surface area contributed by atoms with Crippen LogP contribution in [-0.2, 0) is 105 Å². The molecular formula is C82H121N15O21S2. The van der Waals surface area contributed by atoms with Crippen LogP contribution in [0.2, 0.25) is 0 Å². The van der Waals surface area contributed by atoms with Gasteiger partial charge in [-0.1, -0.05) is 72.7 Å². The number of likely N-dealkylation sites (tertiary alicyclic amines) is 1. The summed E-state index contributed by atoms with van der Waals surface area (Å²) in [7, 11) is 4.44. The Bertz CT molecular complexity index is 4010. The summed E-state index contributed by atoms with van der Waals surface area (Å²) in [5, 5.41) is 50.8. The van der Waals surface area contributed by atoms with E-state index in [2.05, 4.69) is 57.2 Å². The third-order valence-corrected chi connectivity index (χ3v) is 22.9. The topological polar surface area (TPSA) is 559 Å². The fourth-order valence-corrected chi connectivity index (χ4v) is 15.8. The fourth-order valence-electron chi connectivity index (χ4n) is 14.0. The van der Waals surface area contributed by atoms with Gasteiger partial charge < -0.3 is 104 Å². The molecule has 2 unspecified atom stereocenters. The number of unbranched alkanes of at least 4 members (excludes halogenated alkanes) is 1. The second kappa shape index (κ2) is 53.7. The van der Waals surface area contributed by atoms with Gasteiger partial charge in [-0.3, -0.25) is 72.1 Å². The number of nitrogens with zero attached hydrogens (tertiary/aromatic N) is 3. The number of hydrogen-bond donors (Lipinski definition) is 15. The van der Waals surface area contributed by atoms with Crippen molar-refractivity contribution in [3.8, 4) is 5.75 Å². The van der Waals surface area contributed by atoms with Gasteiger partial charge in [0.2, 0.25) is 53.2 Å². The number of esters is 1. The molecule has 0 radical (unpaired) electrons. The van der Waals surface area contributed by atoms with Crippen LogP contribution in [0, 0.1) is 29.6 Å². The quantitative estimate of drug-likeness (QED) is 0.00750. The predicted molar refractivity (Wildman–Crippen MR) is 447 cm³/mol. The Hall–Kier alpha value is -9.86. The Labute approximate surface area is 706 Å². The van der Waals surface area contributed by atoms with Gasteiger partial charge in [-0.05, 0) is 119 Å². The molecule has 11 atom stereocenters. The van der Waals surface area contributed by atoms with Crippen molar-refractivity contribution in [1.82, 2.24) is 57.1 Å². The Kier molecular flexibility index (Phi) is 44.3. The van der Waals surface area contributed by atoms with Crippen LogP contribution in [0.3, 0.4) is 0 Å². The van der Waals surface area contributed by atoms with Gasteiger partial charge in [0.25, 0.3) is 0 Å². The van der Waals surface area contributed by atoms with Crippen molar-refractivity contribution < 1.29 is 101 Å². The Morgan fingerprint density at radius 1 is 0.692 bits per heavy atom. The minimum atomic E-state index is -1.67. The summed E-state index contributed by atoms with van der Waals surface area (Å²) >= 11 is 0. The van der Waals surface area contributed by atoms with E-state index >= 15 is 9.59 Å². The lowest BCUT2D eigenvalue weighted by molar-refractivity contribution is -0.194. The maximum absolute atomic E-state index is 15.2. The van der Waals surface area contributed by atoms with Crippen LogP contribution in [0.4, 0.5) is 0 Å². The summed E-state index contributed by atoms with van der Waals surface area (Å²) in [4.78, 5) is 208. The largest absolute Gasteiger partial charge is 0.508 e. The number of aromatic hydroxyl groups is 1. The number of hydrogen-bond acceptors (Lipinski definition) is 25. The number of amides is 9. The number of carbonyl (C=O) groups excluding carboxylic acids is 14. The fraction of sp³-hybridized carbons (Fsp3) is 0.610. The van der Waals surface area contributed by atoms with Crippen LogP contribution < -0.4 is 54.4 Å². The first-order valence-electron chi connectivity index (χ1n) is 41.0. The maximum Gasteiger partial charge on any atom is 0.305 e. The summed E-state index contributed by atoms with van der Waals surface area (Å²) in [6, 6.07) is 6.57. The number of aliphatic imine (C=N–C) groups is 1. The van der Waals surface area contributed by atoms with E-state index in [-0.39, 0.29) is 177 Å². The van der Waals surface area contributed by atoms with Crippen LogP contribution in [0.25, 0.3) is 10.9 Å². The molecule has 3 heterocycles. The molecule has 4 aromatic rings. The highest BCUT2D eigenvalue weighted by atomic mass is 33.1. The van der Waals surface area contributed by atoms with E-state index in [1.165, 1.54) is 70.4 Å². The second-order valence-electron chi connectivity index (χ2n) is 30.4. The number of primary amides is 1. The van der Waals surface area contributed by atoms with Crippen LogP contribution in [0.15, 0.2) is 72.2 Å². The molecule has 1 aliphatic heterocycles. The summed E-state index contributed by atoms with van der Waals surface area (Å²) in [6.45, 7) is 4.86. The average Bonchev–Trinajstić information content (AvgIpc) is 1.65. The number of fused-ring (bicyclic) bond motifs is 1. The zero-order valence-electron chi connectivity index (χ0n) is 68.9. The van der Waals surface area contributed by atoms with Crippen LogP contribution in [0.1, 0.15) is 160 Å². The third kappa shape index (κ3) is 35.8. The van der Waals surface area contributed by atoms with Gasteiger partial charge >= 0.3 is 5.97 Å². The number of carbonyl (C=O) groups is 14. The first kappa shape index (κ1) is 99.0. The minimum absolute atomic E-state index is 0.00833. The van der Waals surface area contributed by atoms with Crippen LogP contribution in [-0.4, -0.2) is 250 Å². The molecular weight excluding hydrogens is 1600 g/mol. The average molecular weight is 1720 g/mol. The molecule has 0 spiro atoms. The first-order chi connectivity index (χ1) is 57.6. The molecule has 662 valence electrons. The van der Waals surface area contributed by atoms with E-state index in [0.29, 0.717) is 60.7 Å². The van der Waals surface area contributed by atoms with E-state index < -0.39 is 163 Å². The number of methoxy groups -OCH3 is 1. The number of nitrogens with two attached hydrogens (primary N) is 3. The first-order valence-corrected chi connectivity index (χ1v) is 43.5. The van der Waals surface area contributed by atoms with Crippen LogP contribution in [0.5, 0.6) is 5.75 Å². The van der Waals surface area contributed by atoms with Crippen molar-refractivity contribution in [3.05, 3.63) is 84.1 Å². The molecule has 1 saturated carbocycles. The lowest BCUT2D eigenvalue weighted by atomic mass is 9.87. The normalized spacial score (nSPS) is 16.2. The standard InChI is InChI=1S/C82H121N15O21S2/c1-5-60(46-98)118-75(115-4)48-117-74(108)19-10-18-72(106)88-29-33-119-120-34-32-116-31-26-73(107)87-27-9-8-15-63(68(102)39-53(35-50(2)3)77(110)94-64(16-11-28-89-82(84)85)81(114)97-30-12-17-67(97)80(113)91-45-71(83)105)93-78(111)54(36-51-20-23-58(100)24-21-51)40-70(104)66(47-99)96-79(112)55(37-56-43-90-62-14-7-6-13-61(56)62)41-69(103)65(42-57-44-86-49-92-57)95-76(109)52-22-25-59(101)38-52/h6-7,13-14,20-21,23-24,43-44,49-50,52-55,60,63-67,75,90,98-100H,5,8-12,15-19,22,25-42,45-48H2,1-4H3,(H2,83,105)(H,86,92)(H,87,107)(H,88,106)(H,91,113)(H,93,111)(H,94,110)(H,95,109)(H,96,112)(H4,84,85,89)/t52-,53-,54-,55-,60?,63-,64+,65+,66+,67-,75?/m0/s1. The highest BCUT2D eigenvalue weighted by Gasteiger charge is 2.41. The van der Waals surface area contributed by atoms with Gasteiger partial charge in [0.05, 0.1) is 57.5 Å². The summed E-state index contributed by atoms with van der Waals surface area (Å²) in [5.41, 5.74) is 18.8. The van der Waals surface area contributed by atoms with Crippen molar-refractivity contribution >= 4 is 121 Å². The van der Waals surface area contributed by atoms with E-state index in [9.17, 15) is 72.9 Å². The molecule has 120 heavy (non-hydrogen) atoms. The van der Waals surface area contributed by atoms with Crippen LogP contribution >= 0.6 is 21.6 Å². The van der Waals surface area contributed by atoms with E-state index in [1.807, 2.05) is 39.0 Å². The molecule has 2 aromatic carbocycles. The SMILES string of the molecule is CCC(CO)OC(COC(=O)CCCC(=O)NCCSSCCOCCC(=O)NCCCC[C@H](NC(=O)[C@H](CC(=O)[C@@H](CO)NC(=O)[C@H](CC(=O)[C@@H](Cc1cnc[nH]1)NC(=O)[C@H]1CCC(=O)C1)Cc1c[nH]c2ccccc12)Cc1ccc(O)cc1)C(=O)C[C@H](CC(C)C)C(=O)N[C@H](CCCN=C(N)N)C(=O)N1CCC[C@H]1C(=O)NCC(N)=O)OC. The molecule has 6 rings (SSSR count). The van der Waals surface area contributed by atoms with Gasteiger partial charge in [0.1, 0.15) is 36.3 Å². The number of aliphatic hydroxyl groups excluding tert-OH is 2. The molecule has 0 bridgehead atoms. The number of benzene rings is 2. The van der Waals surface area contributed by atoms with Crippen molar-refractivity contribution in [2.45, 2.75) is 205 Å². The van der Waals surface area contributed by atoms with E-state index in [1.54, 1.807) is 12.3 Å². The molecule has 2 aliphatic rings. The zero-order chi connectivity index (χ0) is 87.5. The lowest BCUT2D eigenvalue weighted by Gasteiger charge is -2.30. The number of phenolic OH excluding ortho intramolecular Hbond substituents is 1. The molecule has 1 aliphatic carbocycles. The number of ketones is 4. The van der Waals surface area contributed by atoms with Crippen molar-refractivity contribution in [1.29, 1.82) is 0 Å². The molecule has 2 fully saturated rings. The van der Waals surface area contributed by atoms with Crippen molar-refractivity contribution in [2.24, 2.45) is 51.8 Å². The monoisotopic (exact) mass is 1720 g/mol. The number of ether oxygens (including phenoxy) is 4. The molecule has 18 N–H and O–H groups in total. The predicted octanol–water partition coefficient (Wildman–Crippen LogP) is 2.01. The van der Waals surface area contributed by atoms with E-state index in [4.69, 9.17) is 36.1 Å². The number of H-pyrrole nitrogens is 2. The number of aromatic amines is 2. The Morgan fingerprint density at radius 2 is 1.36 bits per heavy atom. The smallest absolute Gasteiger partial charge is 0.305 e. The van der Waals surface area contributed by atoms with Crippen molar-refractivity contribution in [3.63, 3.8) is 0 Å². The molecule has 9 amide bonds. The zero-order valence-corrected chi connectivity index (χ0v) is 70.5. The summed E-state index contributed by atoms with van der Waals surface area (Å²) in [5.74, 6) is -11.7. The summed E-state index contributed by atoms with van der Waals surface area (Å²) in [6.07, 6.45) is 4.30. The lowest BCUT2D eigenvalue weighted by Crippen LogP contribution is -2.55.